The fraction of sp³-hybridized carbons (Fsp3) is 0.167. The fourth-order valence-corrected chi connectivity index (χ4v) is 5.44. The maximum absolute atomic E-state index is 12.4. The Kier molecular flexibility index (Phi) is 5.15. The molecule has 0 amide bonds. The minimum absolute atomic E-state index is 0.131. The maximum atomic E-state index is 12.4. The minimum atomic E-state index is -3.76. The monoisotopic (exact) mass is 410 g/mol. The summed E-state index contributed by atoms with van der Waals surface area (Å²) >= 11 is 10.5. The lowest BCUT2D eigenvalue weighted by Gasteiger charge is -2.10. The predicted octanol–water partition coefficient (Wildman–Crippen LogP) is 3.43. The van der Waals surface area contributed by atoms with E-state index in [2.05, 4.69) is 20.7 Å². The second-order valence-corrected chi connectivity index (χ2v) is 8.52. The van der Waals surface area contributed by atoms with Gasteiger partial charge < -0.3 is 10.5 Å². The highest BCUT2D eigenvalue weighted by Gasteiger charge is 2.22. The minimum Gasteiger partial charge on any atom is -0.497 e. The largest absolute Gasteiger partial charge is 0.497 e. The standard InChI is InChI=1S/C12H12BrClN2O3S2/c1-19-7-2-3-9(14)10(4-7)16-21(17,18)11-5-8(6-15)20-12(11)13/h2-5,16H,6,15H2,1H3. The van der Waals surface area contributed by atoms with Gasteiger partial charge in [0.25, 0.3) is 10.0 Å². The highest BCUT2D eigenvalue weighted by atomic mass is 79.9. The number of benzene rings is 1. The maximum Gasteiger partial charge on any atom is 0.263 e. The molecule has 1 aromatic carbocycles. The number of thiophene rings is 1. The van der Waals surface area contributed by atoms with E-state index in [1.807, 2.05) is 0 Å². The first-order valence-corrected chi connectivity index (χ1v) is 9.19. The second-order valence-electron chi connectivity index (χ2n) is 4.01. The third kappa shape index (κ3) is 3.70. The average molecular weight is 412 g/mol. The molecule has 0 spiro atoms. The number of ether oxygens (including phenoxy) is 1. The molecule has 0 unspecified atom stereocenters. The van der Waals surface area contributed by atoms with E-state index in [-0.39, 0.29) is 22.2 Å². The Balaban J connectivity index is 2.39. The second kappa shape index (κ2) is 6.53. The van der Waals surface area contributed by atoms with Gasteiger partial charge in [0.2, 0.25) is 0 Å². The highest BCUT2D eigenvalue weighted by molar-refractivity contribution is 9.11. The summed E-state index contributed by atoms with van der Waals surface area (Å²) in [6, 6.07) is 6.26. The Morgan fingerprint density at radius 2 is 2.14 bits per heavy atom. The molecule has 21 heavy (non-hydrogen) atoms. The van der Waals surface area contributed by atoms with Crippen LogP contribution < -0.4 is 15.2 Å². The Bertz CT molecular complexity index is 762. The molecule has 114 valence electrons. The Labute approximate surface area is 140 Å². The van der Waals surface area contributed by atoms with E-state index in [9.17, 15) is 8.42 Å². The number of hydrogen-bond donors (Lipinski definition) is 2. The van der Waals surface area contributed by atoms with Crippen LogP contribution in [0.25, 0.3) is 0 Å². The third-order valence-electron chi connectivity index (χ3n) is 2.62. The third-order valence-corrected chi connectivity index (χ3v) is 6.58. The summed E-state index contributed by atoms with van der Waals surface area (Å²) in [5, 5.41) is 0.282. The van der Waals surface area contributed by atoms with Crippen molar-refractivity contribution in [1.29, 1.82) is 0 Å². The molecule has 0 saturated carbocycles. The molecule has 0 aliphatic rings. The van der Waals surface area contributed by atoms with E-state index in [0.717, 1.165) is 4.88 Å². The average Bonchev–Trinajstić information content (AvgIpc) is 2.83. The zero-order valence-electron chi connectivity index (χ0n) is 10.9. The molecule has 1 aromatic heterocycles. The molecule has 5 nitrogen and oxygen atoms in total. The van der Waals surface area contributed by atoms with Crippen LogP contribution in [0, 0.1) is 0 Å². The van der Waals surface area contributed by atoms with Crippen LogP contribution in [-0.2, 0) is 16.6 Å². The van der Waals surface area contributed by atoms with Crippen LogP contribution >= 0.6 is 38.9 Å². The van der Waals surface area contributed by atoms with Gasteiger partial charge in [-0.05, 0) is 34.1 Å². The van der Waals surface area contributed by atoms with E-state index in [1.54, 1.807) is 12.1 Å². The number of nitrogens with one attached hydrogen (secondary N) is 1. The molecule has 0 bridgehead atoms. The van der Waals surface area contributed by atoms with Crippen LogP contribution in [0.4, 0.5) is 5.69 Å². The molecule has 3 N–H and O–H groups in total. The van der Waals surface area contributed by atoms with Crippen molar-refractivity contribution < 1.29 is 13.2 Å². The van der Waals surface area contributed by atoms with Crippen LogP contribution in [0.5, 0.6) is 5.75 Å². The number of hydrogen-bond acceptors (Lipinski definition) is 5. The van der Waals surface area contributed by atoms with Crippen LogP contribution in [0.1, 0.15) is 4.88 Å². The van der Waals surface area contributed by atoms with E-state index < -0.39 is 10.0 Å². The predicted molar refractivity (Wildman–Crippen MR) is 88.7 cm³/mol. The topological polar surface area (TPSA) is 81.4 Å². The number of rotatable bonds is 5. The summed E-state index contributed by atoms with van der Waals surface area (Å²) in [7, 11) is -2.27. The zero-order valence-corrected chi connectivity index (χ0v) is 14.9. The van der Waals surface area contributed by atoms with Crippen molar-refractivity contribution in [1.82, 2.24) is 0 Å². The number of methoxy groups -OCH3 is 1. The van der Waals surface area contributed by atoms with Gasteiger partial charge in [-0.25, -0.2) is 8.42 Å². The van der Waals surface area contributed by atoms with Crippen LogP contribution in [-0.4, -0.2) is 15.5 Å². The number of sulfonamides is 1. The summed E-state index contributed by atoms with van der Waals surface area (Å²) in [4.78, 5) is 0.894. The van der Waals surface area contributed by atoms with Crippen molar-refractivity contribution in [3.05, 3.63) is 38.0 Å². The molecule has 0 atom stereocenters. The SMILES string of the molecule is COc1ccc(Cl)c(NS(=O)(=O)c2cc(CN)sc2Br)c1. The van der Waals surface area contributed by atoms with Gasteiger partial charge in [0.1, 0.15) is 10.6 Å². The quantitative estimate of drug-likeness (QED) is 0.790. The van der Waals surface area contributed by atoms with E-state index in [4.69, 9.17) is 22.1 Å². The van der Waals surface area contributed by atoms with Gasteiger partial charge >= 0.3 is 0 Å². The first kappa shape index (κ1) is 16.6. The molecule has 0 aliphatic heterocycles. The summed E-state index contributed by atoms with van der Waals surface area (Å²) in [6.45, 7) is 0.276. The lowest BCUT2D eigenvalue weighted by molar-refractivity contribution is 0.415. The number of halogens is 2. The number of anilines is 1. The zero-order chi connectivity index (χ0) is 15.6. The van der Waals surface area contributed by atoms with Crippen molar-refractivity contribution >= 4 is 54.6 Å². The van der Waals surface area contributed by atoms with Gasteiger partial charge in [-0.3, -0.25) is 4.72 Å². The fourth-order valence-electron chi connectivity index (χ4n) is 1.59. The van der Waals surface area contributed by atoms with Gasteiger partial charge in [-0.15, -0.1) is 11.3 Å². The van der Waals surface area contributed by atoms with Crippen LogP contribution in [0.15, 0.2) is 32.9 Å². The van der Waals surface area contributed by atoms with E-state index in [1.165, 1.54) is 30.6 Å². The van der Waals surface area contributed by atoms with Gasteiger partial charge in [0.05, 0.1) is 21.6 Å². The lowest BCUT2D eigenvalue weighted by Crippen LogP contribution is -2.13. The molecule has 0 aliphatic carbocycles. The Morgan fingerprint density at radius 1 is 1.43 bits per heavy atom. The van der Waals surface area contributed by atoms with Crippen LogP contribution in [0.3, 0.4) is 0 Å². The highest BCUT2D eigenvalue weighted by Crippen LogP contribution is 2.34. The van der Waals surface area contributed by atoms with E-state index >= 15 is 0 Å². The Morgan fingerprint density at radius 3 is 2.71 bits per heavy atom. The molecule has 9 heteroatoms. The summed E-state index contributed by atoms with van der Waals surface area (Å²) < 4.78 is 32.9. The summed E-state index contributed by atoms with van der Waals surface area (Å²) in [5.74, 6) is 0.504. The first-order chi connectivity index (χ1) is 9.87. The van der Waals surface area contributed by atoms with Gasteiger partial charge in [-0.2, -0.15) is 0 Å². The lowest BCUT2D eigenvalue weighted by atomic mass is 10.3. The van der Waals surface area contributed by atoms with Crippen molar-refractivity contribution in [2.24, 2.45) is 5.73 Å². The van der Waals surface area contributed by atoms with Crippen molar-refractivity contribution in [2.75, 3.05) is 11.8 Å². The molecule has 0 radical (unpaired) electrons. The van der Waals surface area contributed by atoms with Crippen molar-refractivity contribution in [3.63, 3.8) is 0 Å². The smallest absolute Gasteiger partial charge is 0.263 e. The summed E-state index contributed by atoms with van der Waals surface area (Å²) in [5.41, 5.74) is 5.78. The first-order valence-electron chi connectivity index (χ1n) is 5.72. The van der Waals surface area contributed by atoms with Crippen molar-refractivity contribution in [3.8, 4) is 5.75 Å². The van der Waals surface area contributed by atoms with Gasteiger partial charge in [0.15, 0.2) is 0 Å². The van der Waals surface area contributed by atoms with E-state index in [0.29, 0.717) is 9.54 Å². The van der Waals surface area contributed by atoms with Crippen LogP contribution in [0.2, 0.25) is 5.02 Å². The Hall–Kier alpha value is -0.800. The molecule has 2 aromatic rings. The molecular formula is C12H12BrClN2O3S2. The molecule has 0 saturated heterocycles. The number of nitrogens with two attached hydrogens (primary N) is 1. The van der Waals surface area contributed by atoms with Crippen molar-refractivity contribution in [2.45, 2.75) is 11.4 Å². The summed E-state index contributed by atoms with van der Waals surface area (Å²) in [6.07, 6.45) is 0. The molecular weight excluding hydrogens is 400 g/mol. The van der Waals surface area contributed by atoms with Gasteiger partial charge in [0, 0.05) is 17.5 Å². The molecule has 0 fully saturated rings. The molecule has 2 rings (SSSR count). The molecule has 1 heterocycles. The van der Waals surface area contributed by atoms with Gasteiger partial charge in [-0.1, -0.05) is 11.6 Å². The normalized spacial score (nSPS) is 11.4.